The summed E-state index contributed by atoms with van der Waals surface area (Å²) in [5.41, 5.74) is 3.81. The number of nitrogens with one attached hydrogen (secondary N) is 1. The van der Waals surface area contributed by atoms with Crippen LogP contribution in [0.3, 0.4) is 0 Å². The Balaban J connectivity index is 2.64. The lowest BCUT2D eigenvalue weighted by Crippen LogP contribution is -2.14. The van der Waals surface area contributed by atoms with Crippen molar-refractivity contribution >= 4 is 0 Å². The van der Waals surface area contributed by atoms with Crippen LogP contribution in [-0.4, -0.2) is 7.05 Å². The first kappa shape index (κ1) is 10.8. The summed E-state index contributed by atoms with van der Waals surface area (Å²) in [5, 5.41) is 3.11. The second-order valence-corrected chi connectivity index (χ2v) is 3.87. The molecule has 0 aliphatic heterocycles. The van der Waals surface area contributed by atoms with Gasteiger partial charge in [-0.1, -0.05) is 43.3 Å². The Morgan fingerprint density at radius 2 is 2.21 bits per heavy atom. The van der Waals surface area contributed by atoms with E-state index in [1.807, 2.05) is 7.05 Å². The highest BCUT2D eigenvalue weighted by atomic mass is 14.8. The maximum absolute atomic E-state index is 3.98. The molecule has 1 N–H and O–H groups in total. The Kier molecular flexibility index (Phi) is 3.75. The quantitative estimate of drug-likeness (QED) is 0.768. The molecule has 0 saturated heterocycles. The molecule has 0 spiro atoms. The molecule has 1 aromatic carbocycles. The predicted molar refractivity (Wildman–Crippen MR) is 62.2 cm³/mol. The lowest BCUT2D eigenvalue weighted by molar-refractivity contribution is 0.633. The van der Waals surface area contributed by atoms with Gasteiger partial charge in [-0.15, -0.1) is 0 Å². The van der Waals surface area contributed by atoms with Crippen molar-refractivity contribution < 1.29 is 0 Å². The van der Waals surface area contributed by atoms with E-state index in [0.29, 0.717) is 5.92 Å². The fourth-order valence-electron chi connectivity index (χ4n) is 1.56. The third-order valence-corrected chi connectivity index (χ3v) is 2.54. The average molecular weight is 189 g/mol. The molecular weight excluding hydrogens is 170 g/mol. The van der Waals surface area contributed by atoms with Gasteiger partial charge in [0.15, 0.2) is 0 Å². The van der Waals surface area contributed by atoms with Gasteiger partial charge in [0.2, 0.25) is 0 Å². The third-order valence-electron chi connectivity index (χ3n) is 2.54. The van der Waals surface area contributed by atoms with E-state index in [-0.39, 0.29) is 0 Å². The summed E-state index contributed by atoms with van der Waals surface area (Å²) in [5.74, 6) is 0.488. The Bertz CT molecular complexity index is 315. The van der Waals surface area contributed by atoms with Crippen LogP contribution in [0, 0.1) is 12.8 Å². The molecule has 0 fully saturated rings. The van der Waals surface area contributed by atoms with Crippen molar-refractivity contribution in [2.75, 3.05) is 7.05 Å². The summed E-state index contributed by atoms with van der Waals surface area (Å²) in [6, 6.07) is 8.65. The molecule has 1 nitrogen and oxygen atoms in total. The van der Waals surface area contributed by atoms with Gasteiger partial charge < -0.3 is 5.32 Å². The van der Waals surface area contributed by atoms with Gasteiger partial charge in [0.1, 0.15) is 0 Å². The van der Waals surface area contributed by atoms with E-state index in [4.69, 9.17) is 0 Å². The van der Waals surface area contributed by atoms with Crippen LogP contribution in [0.4, 0.5) is 0 Å². The summed E-state index contributed by atoms with van der Waals surface area (Å²) in [4.78, 5) is 0. The van der Waals surface area contributed by atoms with Crippen molar-refractivity contribution in [3.8, 4) is 0 Å². The number of aryl methyl sites for hydroxylation is 1. The molecule has 76 valence electrons. The van der Waals surface area contributed by atoms with Crippen LogP contribution in [-0.2, 0) is 6.42 Å². The standard InChI is InChI=1S/C13H19N/c1-10-6-5-7-13(8-10)9-11(2)12(3)14-4/h5-8,11,14H,3,9H2,1-2,4H3. The highest BCUT2D eigenvalue weighted by Crippen LogP contribution is 2.14. The Morgan fingerprint density at radius 1 is 1.50 bits per heavy atom. The summed E-state index contributed by atoms with van der Waals surface area (Å²) in [6.07, 6.45) is 1.06. The molecule has 0 amide bonds. The van der Waals surface area contributed by atoms with E-state index in [1.165, 1.54) is 11.1 Å². The summed E-state index contributed by atoms with van der Waals surface area (Å²) < 4.78 is 0. The van der Waals surface area contributed by atoms with E-state index in [1.54, 1.807) is 0 Å². The van der Waals surface area contributed by atoms with Gasteiger partial charge in [0.05, 0.1) is 0 Å². The molecule has 14 heavy (non-hydrogen) atoms. The van der Waals surface area contributed by atoms with Gasteiger partial charge in [-0.3, -0.25) is 0 Å². The van der Waals surface area contributed by atoms with Crippen LogP contribution < -0.4 is 5.32 Å². The van der Waals surface area contributed by atoms with Crippen molar-refractivity contribution in [3.05, 3.63) is 47.7 Å². The van der Waals surface area contributed by atoms with Crippen LogP contribution in [0.5, 0.6) is 0 Å². The van der Waals surface area contributed by atoms with E-state index < -0.39 is 0 Å². The highest BCUT2D eigenvalue weighted by Gasteiger charge is 2.05. The molecule has 1 unspecified atom stereocenters. The Morgan fingerprint density at radius 3 is 2.79 bits per heavy atom. The van der Waals surface area contributed by atoms with Crippen molar-refractivity contribution in [1.82, 2.24) is 5.32 Å². The number of hydrogen-bond acceptors (Lipinski definition) is 1. The fraction of sp³-hybridized carbons (Fsp3) is 0.385. The lowest BCUT2D eigenvalue weighted by Gasteiger charge is -2.14. The van der Waals surface area contributed by atoms with Crippen LogP contribution in [0.1, 0.15) is 18.1 Å². The number of benzene rings is 1. The topological polar surface area (TPSA) is 12.0 Å². The molecule has 1 heteroatoms. The maximum atomic E-state index is 3.98. The number of allylic oxidation sites excluding steroid dienone is 1. The van der Waals surface area contributed by atoms with Crippen molar-refractivity contribution in [1.29, 1.82) is 0 Å². The zero-order valence-corrected chi connectivity index (χ0v) is 9.30. The largest absolute Gasteiger partial charge is 0.392 e. The van der Waals surface area contributed by atoms with E-state index >= 15 is 0 Å². The Labute approximate surface area is 86.8 Å². The molecule has 1 aromatic rings. The molecule has 0 aliphatic rings. The summed E-state index contributed by atoms with van der Waals surface area (Å²) >= 11 is 0. The SMILES string of the molecule is C=C(NC)C(C)Cc1cccc(C)c1. The molecule has 0 saturated carbocycles. The number of rotatable bonds is 4. The Hall–Kier alpha value is -1.24. The van der Waals surface area contributed by atoms with Crippen molar-refractivity contribution in [2.24, 2.45) is 5.92 Å². The second kappa shape index (κ2) is 4.85. The zero-order valence-electron chi connectivity index (χ0n) is 9.30. The smallest absolute Gasteiger partial charge is 0.00631 e. The third kappa shape index (κ3) is 2.91. The summed E-state index contributed by atoms with van der Waals surface area (Å²) in [7, 11) is 1.93. The van der Waals surface area contributed by atoms with Gasteiger partial charge in [-0.25, -0.2) is 0 Å². The van der Waals surface area contributed by atoms with Crippen LogP contribution >= 0.6 is 0 Å². The first-order valence-corrected chi connectivity index (χ1v) is 5.05. The van der Waals surface area contributed by atoms with Gasteiger partial charge in [-0.05, 0) is 24.8 Å². The highest BCUT2D eigenvalue weighted by molar-refractivity contribution is 5.23. The van der Waals surface area contributed by atoms with Gasteiger partial charge in [-0.2, -0.15) is 0 Å². The monoisotopic (exact) mass is 189 g/mol. The van der Waals surface area contributed by atoms with Gasteiger partial charge in [0.25, 0.3) is 0 Å². The minimum atomic E-state index is 0.488. The zero-order chi connectivity index (χ0) is 10.6. The van der Waals surface area contributed by atoms with Crippen molar-refractivity contribution in [2.45, 2.75) is 20.3 Å². The molecule has 1 atom stereocenters. The molecule has 0 aromatic heterocycles. The van der Waals surface area contributed by atoms with Crippen LogP contribution in [0.25, 0.3) is 0 Å². The predicted octanol–water partition coefficient (Wildman–Crippen LogP) is 2.91. The van der Waals surface area contributed by atoms with Crippen molar-refractivity contribution in [3.63, 3.8) is 0 Å². The fourth-order valence-corrected chi connectivity index (χ4v) is 1.56. The molecule has 0 bridgehead atoms. The van der Waals surface area contributed by atoms with Gasteiger partial charge in [0, 0.05) is 12.7 Å². The maximum Gasteiger partial charge on any atom is 0.00631 e. The van der Waals surface area contributed by atoms with Crippen LogP contribution in [0.2, 0.25) is 0 Å². The van der Waals surface area contributed by atoms with E-state index in [0.717, 1.165) is 12.1 Å². The second-order valence-electron chi connectivity index (χ2n) is 3.87. The molecule has 1 rings (SSSR count). The number of hydrogen-bond donors (Lipinski definition) is 1. The van der Waals surface area contributed by atoms with Crippen LogP contribution in [0.15, 0.2) is 36.5 Å². The molecule has 0 radical (unpaired) electrons. The first-order valence-electron chi connectivity index (χ1n) is 5.05. The molecular formula is C13H19N. The lowest BCUT2D eigenvalue weighted by atomic mass is 9.98. The average Bonchev–Trinajstić information content (AvgIpc) is 2.16. The summed E-state index contributed by atoms with van der Waals surface area (Å²) in [6.45, 7) is 8.30. The normalized spacial score (nSPS) is 12.2. The first-order chi connectivity index (χ1) is 6.63. The minimum Gasteiger partial charge on any atom is -0.392 e. The minimum absolute atomic E-state index is 0.488. The van der Waals surface area contributed by atoms with Gasteiger partial charge >= 0.3 is 0 Å². The molecule has 0 heterocycles. The molecule has 0 aliphatic carbocycles. The van der Waals surface area contributed by atoms with E-state index in [2.05, 4.69) is 50.0 Å². The van der Waals surface area contributed by atoms with E-state index in [9.17, 15) is 0 Å².